The third-order valence-corrected chi connectivity index (χ3v) is 5.54. The molecule has 0 radical (unpaired) electrons. The van der Waals surface area contributed by atoms with Gasteiger partial charge in [0, 0.05) is 16.5 Å². The molecule has 1 unspecified atom stereocenters. The van der Waals surface area contributed by atoms with Gasteiger partial charge in [0.05, 0.1) is 0 Å². The molecule has 0 spiro atoms. The van der Waals surface area contributed by atoms with Crippen molar-refractivity contribution in [3.05, 3.63) is 21.9 Å². The van der Waals surface area contributed by atoms with Crippen LogP contribution in [0.1, 0.15) is 56.0 Å². The van der Waals surface area contributed by atoms with E-state index in [0.29, 0.717) is 0 Å². The van der Waals surface area contributed by atoms with Gasteiger partial charge in [-0.25, -0.2) is 0 Å². The van der Waals surface area contributed by atoms with E-state index in [0.717, 1.165) is 13.1 Å². The van der Waals surface area contributed by atoms with Gasteiger partial charge in [-0.2, -0.15) is 0 Å². The van der Waals surface area contributed by atoms with Gasteiger partial charge in [0.25, 0.3) is 0 Å². The molecule has 2 N–H and O–H groups in total. The molecule has 18 heavy (non-hydrogen) atoms. The summed E-state index contributed by atoms with van der Waals surface area (Å²) in [6.45, 7) is 8.93. The fourth-order valence-electron chi connectivity index (χ4n) is 3.67. The molecule has 1 atom stereocenters. The van der Waals surface area contributed by atoms with E-state index in [2.05, 4.69) is 37.1 Å². The normalized spacial score (nSPS) is 20.5. The van der Waals surface area contributed by atoms with E-state index < -0.39 is 0 Å². The number of hydrogen-bond donors (Lipinski definition) is 1. The number of rotatable bonds is 5. The smallest absolute Gasteiger partial charge is 0.0493 e. The molecule has 3 heteroatoms. The fourth-order valence-corrected chi connectivity index (χ4v) is 4.42. The lowest BCUT2D eigenvalue weighted by molar-refractivity contribution is 0.0770. The molecule has 1 aromatic heterocycles. The highest BCUT2D eigenvalue weighted by Crippen LogP contribution is 2.44. The van der Waals surface area contributed by atoms with Gasteiger partial charge in [-0.1, -0.05) is 26.7 Å². The average molecular weight is 266 g/mol. The molecule has 1 aromatic rings. The van der Waals surface area contributed by atoms with Crippen LogP contribution in [0.5, 0.6) is 0 Å². The molecule has 0 amide bonds. The molecule has 1 heterocycles. The van der Waals surface area contributed by atoms with E-state index in [-0.39, 0.29) is 11.6 Å². The van der Waals surface area contributed by atoms with E-state index >= 15 is 0 Å². The molecule has 0 saturated heterocycles. The van der Waals surface area contributed by atoms with Crippen molar-refractivity contribution in [2.45, 2.75) is 58.0 Å². The Bertz CT molecular complexity index is 376. The minimum absolute atomic E-state index is 0.172. The minimum Gasteiger partial charge on any atom is -0.322 e. The van der Waals surface area contributed by atoms with E-state index in [1.165, 1.54) is 36.1 Å². The average Bonchev–Trinajstić information content (AvgIpc) is 3.00. The Balaban J connectivity index is 2.33. The summed E-state index contributed by atoms with van der Waals surface area (Å²) < 4.78 is 0. The van der Waals surface area contributed by atoms with Gasteiger partial charge in [-0.15, -0.1) is 11.3 Å². The summed E-state index contributed by atoms with van der Waals surface area (Å²) in [5.41, 5.74) is 8.27. The lowest BCUT2D eigenvalue weighted by atomic mass is 9.82. The van der Waals surface area contributed by atoms with Crippen molar-refractivity contribution in [1.29, 1.82) is 0 Å². The number of nitrogens with zero attached hydrogens (tertiary/aromatic N) is 1. The summed E-state index contributed by atoms with van der Waals surface area (Å²) in [5, 5.41) is 2.18. The molecular formula is C15H26N2S. The summed E-state index contributed by atoms with van der Waals surface area (Å²) in [6, 6.07) is 2.40. The fraction of sp³-hybridized carbons (Fsp3) is 0.733. The van der Waals surface area contributed by atoms with Gasteiger partial charge < -0.3 is 5.73 Å². The van der Waals surface area contributed by atoms with Crippen LogP contribution in [0.3, 0.4) is 0 Å². The highest BCUT2D eigenvalue weighted by Gasteiger charge is 2.44. The maximum absolute atomic E-state index is 6.70. The number of nitrogens with two attached hydrogens (primary N) is 1. The van der Waals surface area contributed by atoms with E-state index in [9.17, 15) is 0 Å². The van der Waals surface area contributed by atoms with Gasteiger partial charge in [0.15, 0.2) is 0 Å². The zero-order valence-corrected chi connectivity index (χ0v) is 12.7. The van der Waals surface area contributed by atoms with Crippen molar-refractivity contribution in [3.8, 4) is 0 Å². The number of aryl methyl sites for hydroxylation is 1. The summed E-state index contributed by atoms with van der Waals surface area (Å²) in [4.78, 5) is 3.99. The SMILES string of the molecule is CCN(CC)C1(C(N)c2ccsc2C)CCCC1. The second kappa shape index (κ2) is 5.72. The molecule has 1 saturated carbocycles. The highest BCUT2D eigenvalue weighted by molar-refractivity contribution is 7.10. The first-order valence-electron chi connectivity index (χ1n) is 7.20. The van der Waals surface area contributed by atoms with Gasteiger partial charge in [-0.05, 0) is 49.9 Å². The van der Waals surface area contributed by atoms with Crippen molar-refractivity contribution in [3.63, 3.8) is 0 Å². The largest absolute Gasteiger partial charge is 0.322 e. The van der Waals surface area contributed by atoms with Crippen LogP contribution in [0.4, 0.5) is 0 Å². The Labute approximate surface area is 115 Å². The standard InChI is InChI=1S/C15H26N2S/c1-4-17(5-2)15(9-6-7-10-15)14(16)13-8-11-18-12(13)3/h8,11,14H,4-7,9-10,16H2,1-3H3. The Hall–Kier alpha value is -0.380. The molecule has 102 valence electrons. The van der Waals surface area contributed by atoms with E-state index in [4.69, 9.17) is 5.73 Å². The second-order valence-electron chi connectivity index (χ2n) is 5.39. The molecule has 0 aliphatic heterocycles. The predicted octanol–water partition coefficient (Wildman–Crippen LogP) is 3.71. The van der Waals surface area contributed by atoms with Crippen LogP contribution in [0, 0.1) is 6.92 Å². The second-order valence-corrected chi connectivity index (χ2v) is 6.51. The Morgan fingerprint density at radius 3 is 2.39 bits per heavy atom. The van der Waals surface area contributed by atoms with Crippen molar-refractivity contribution < 1.29 is 0 Å². The van der Waals surface area contributed by atoms with Crippen LogP contribution in [0.25, 0.3) is 0 Å². The lowest BCUT2D eigenvalue weighted by Gasteiger charge is -2.45. The first-order chi connectivity index (χ1) is 8.65. The topological polar surface area (TPSA) is 29.3 Å². The maximum Gasteiger partial charge on any atom is 0.0493 e. The molecular weight excluding hydrogens is 240 g/mol. The maximum atomic E-state index is 6.70. The first-order valence-corrected chi connectivity index (χ1v) is 8.08. The van der Waals surface area contributed by atoms with Crippen LogP contribution in [0.2, 0.25) is 0 Å². The van der Waals surface area contributed by atoms with E-state index in [1.807, 2.05) is 11.3 Å². The first kappa shape index (κ1) is 14.0. The minimum atomic E-state index is 0.172. The summed E-state index contributed by atoms with van der Waals surface area (Å²) >= 11 is 1.82. The van der Waals surface area contributed by atoms with Crippen molar-refractivity contribution in [2.24, 2.45) is 5.73 Å². The highest BCUT2D eigenvalue weighted by atomic mass is 32.1. The van der Waals surface area contributed by atoms with Crippen molar-refractivity contribution in [1.82, 2.24) is 4.90 Å². The van der Waals surface area contributed by atoms with Crippen LogP contribution >= 0.6 is 11.3 Å². The van der Waals surface area contributed by atoms with Crippen LogP contribution < -0.4 is 5.73 Å². The van der Waals surface area contributed by atoms with Crippen LogP contribution in [0.15, 0.2) is 11.4 Å². The van der Waals surface area contributed by atoms with Gasteiger partial charge in [-0.3, -0.25) is 4.90 Å². The number of hydrogen-bond acceptors (Lipinski definition) is 3. The molecule has 1 fully saturated rings. The molecule has 0 aromatic carbocycles. The third-order valence-electron chi connectivity index (χ3n) is 4.68. The van der Waals surface area contributed by atoms with Gasteiger partial charge in [0.2, 0.25) is 0 Å². The predicted molar refractivity (Wildman–Crippen MR) is 80.1 cm³/mol. The third kappa shape index (κ3) is 2.24. The lowest BCUT2D eigenvalue weighted by Crippen LogP contribution is -2.53. The van der Waals surface area contributed by atoms with Crippen molar-refractivity contribution in [2.75, 3.05) is 13.1 Å². The van der Waals surface area contributed by atoms with Gasteiger partial charge in [0.1, 0.15) is 0 Å². The molecule has 1 aliphatic carbocycles. The molecule has 0 bridgehead atoms. The molecule has 2 nitrogen and oxygen atoms in total. The Morgan fingerprint density at radius 1 is 1.33 bits per heavy atom. The zero-order valence-electron chi connectivity index (χ0n) is 11.9. The number of thiophene rings is 1. The monoisotopic (exact) mass is 266 g/mol. The van der Waals surface area contributed by atoms with Crippen molar-refractivity contribution >= 4 is 11.3 Å². The Morgan fingerprint density at radius 2 is 1.94 bits per heavy atom. The van der Waals surface area contributed by atoms with Crippen LogP contribution in [-0.2, 0) is 0 Å². The summed E-state index contributed by atoms with van der Waals surface area (Å²) in [6.07, 6.45) is 5.16. The van der Waals surface area contributed by atoms with E-state index in [1.54, 1.807) is 0 Å². The molecule has 1 aliphatic rings. The number of likely N-dealkylation sites (N-methyl/N-ethyl adjacent to an activating group) is 1. The summed E-state index contributed by atoms with van der Waals surface area (Å²) in [5.74, 6) is 0. The van der Waals surface area contributed by atoms with Crippen LogP contribution in [-0.4, -0.2) is 23.5 Å². The Kier molecular flexibility index (Phi) is 4.46. The van der Waals surface area contributed by atoms with Gasteiger partial charge >= 0.3 is 0 Å². The zero-order chi connectivity index (χ0) is 13.2. The summed E-state index contributed by atoms with van der Waals surface area (Å²) in [7, 11) is 0. The quantitative estimate of drug-likeness (QED) is 0.880. The molecule has 2 rings (SSSR count).